The van der Waals surface area contributed by atoms with Crippen molar-refractivity contribution in [3.63, 3.8) is 0 Å². The van der Waals surface area contributed by atoms with Crippen LogP contribution in [-0.4, -0.2) is 5.67 Å². The van der Waals surface area contributed by atoms with Crippen molar-refractivity contribution >= 4 is 0 Å². The zero-order chi connectivity index (χ0) is 6.91. The topological polar surface area (TPSA) is 0 Å². The van der Waals surface area contributed by atoms with E-state index in [1.165, 1.54) is 19.1 Å². The van der Waals surface area contributed by atoms with E-state index in [0.717, 1.165) is 6.08 Å². The summed E-state index contributed by atoms with van der Waals surface area (Å²) in [6, 6.07) is 0. The molecule has 0 bridgehead atoms. The third kappa shape index (κ3) is 1.63. The SMILES string of the molecule is CC1(F)C=CCC(F)=C1. The van der Waals surface area contributed by atoms with E-state index in [1.54, 1.807) is 0 Å². The number of halogens is 2. The minimum Gasteiger partial charge on any atom is -0.235 e. The second kappa shape index (κ2) is 1.94. The Morgan fingerprint density at radius 2 is 2.33 bits per heavy atom. The molecule has 1 atom stereocenters. The molecule has 0 saturated heterocycles. The minimum absolute atomic E-state index is 0.236. The van der Waals surface area contributed by atoms with Gasteiger partial charge in [-0.15, -0.1) is 0 Å². The molecular formula is C7H8F2. The second-order valence-corrected chi connectivity index (χ2v) is 2.35. The average molecular weight is 130 g/mol. The van der Waals surface area contributed by atoms with E-state index in [0.29, 0.717) is 0 Å². The highest BCUT2D eigenvalue weighted by molar-refractivity contribution is 5.21. The standard InChI is InChI=1S/C7H8F2/c1-7(9)4-2-3-6(8)5-7/h2,4-5H,3H2,1H3. The molecule has 0 aromatic carbocycles. The molecule has 0 aliphatic heterocycles. The van der Waals surface area contributed by atoms with Gasteiger partial charge in [-0.05, 0) is 19.1 Å². The maximum Gasteiger partial charge on any atom is 0.147 e. The molecule has 0 aromatic rings. The molecule has 1 unspecified atom stereocenters. The normalized spacial score (nSPS) is 34.3. The molecule has 0 radical (unpaired) electrons. The van der Waals surface area contributed by atoms with E-state index in [9.17, 15) is 8.78 Å². The lowest BCUT2D eigenvalue weighted by atomic mass is 10.0. The van der Waals surface area contributed by atoms with Crippen LogP contribution in [0.3, 0.4) is 0 Å². The molecule has 0 heterocycles. The quantitative estimate of drug-likeness (QED) is 0.442. The Labute approximate surface area is 52.9 Å². The molecule has 0 amide bonds. The van der Waals surface area contributed by atoms with Crippen molar-refractivity contribution in [2.45, 2.75) is 19.0 Å². The summed E-state index contributed by atoms with van der Waals surface area (Å²) >= 11 is 0. The molecule has 2 heteroatoms. The highest BCUT2D eigenvalue weighted by Crippen LogP contribution is 2.23. The number of hydrogen-bond donors (Lipinski definition) is 0. The molecule has 9 heavy (non-hydrogen) atoms. The average Bonchev–Trinajstić information content (AvgIpc) is 1.60. The first-order chi connectivity index (χ1) is 4.10. The number of rotatable bonds is 0. The first kappa shape index (κ1) is 6.46. The molecule has 0 spiro atoms. The van der Waals surface area contributed by atoms with Crippen molar-refractivity contribution in [2.75, 3.05) is 0 Å². The third-order valence-electron chi connectivity index (χ3n) is 1.20. The van der Waals surface area contributed by atoms with Gasteiger partial charge in [-0.1, -0.05) is 6.08 Å². The largest absolute Gasteiger partial charge is 0.235 e. The minimum atomic E-state index is -1.57. The summed E-state index contributed by atoms with van der Waals surface area (Å²) in [4.78, 5) is 0. The Balaban J connectivity index is 2.78. The van der Waals surface area contributed by atoms with Gasteiger partial charge >= 0.3 is 0 Å². The predicted octanol–water partition coefficient (Wildman–Crippen LogP) is 2.53. The lowest BCUT2D eigenvalue weighted by molar-refractivity contribution is 0.316. The van der Waals surface area contributed by atoms with Crippen LogP contribution in [0.15, 0.2) is 24.1 Å². The first-order valence-electron chi connectivity index (χ1n) is 2.84. The molecule has 0 saturated carbocycles. The fourth-order valence-corrected chi connectivity index (χ4v) is 0.815. The fourth-order valence-electron chi connectivity index (χ4n) is 0.815. The fraction of sp³-hybridized carbons (Fsp3) is 0.429. The summed E-state index contributed by atoms with van der Waals surface area (Å²) in [5, 5.41) is 0. The van der Waals surface area contributed by atoms with Crippen molar-refractivity contribution < 1.29 is 8.78 Å². The molecule has 1 rings (SSSR count). The van der Waals surface area contributed by atoms with Gasteiger partial charge in [0.15, 0.2) is 0 Å². The molecule has 0 aromatic heterocycles. The van der Waals surface area contributed by atoms with E-state index in [4.69, 9.17) is 0 Å². The third-order valence-corrected chi connectivity index (χ3v) is 1.20. The van der Waals surface area contributed by atoms with Crippen LogP contribution in [0.5, 0.6) is 0 Å². The van der Waals surface area contributed by atoms with Gasteiger partial charge < -0.3 is 0 Å². The number of allylic oxidation sites excluding steroid dienone is 4. The van der Waals surface area contributed by atoms with E-state index in [1.807, 2.05) is 0 Å². The van der Waals surface area contributed by atoms with Gasteiger partial charge in [0.2, 0.25) is 0 Å². The second-order valence-electron chi connectivity index (χ2n) is 2.35. The molecule has 0 nitrogen and oxygen atoms in total. The van der Waals surface area contributed by atoms with Crippen molar-refractivity contribution in [3.8, 4) is 0 Å². The number of alkyl halides is 1. The van der Waals surface area contributed by atoms with Gasteiger partial charge in [0, 0.05) is 6.42 Å². The summed E-state index contributed by atoms with van der Waals surface area (Å²) in [7, 11) is 0. The van der Waals surface area contributed by atoms with Crippen LogP contribution in [0.1, 0.15) is 13.3 Å². The van der Waals surface area contributed by atoms with Gasteiger partial charge in [-0.2, -0.15) is 0 Å². The lowest BCUT2D eigenvalue weighted by Gasteiger charge is -2.13. The van der Waals surface area contributed by atoms with Crippen LogP contribution >= 0.6 is 0 Å². The maximum atomic E-state index is 12.7. The van der Waals surface area contributed by atoms with Crippen LogP contribution in [0.25, 0.3) is 0 Å². The molecule has 1 aliphatic carbocycles. The molecular weight excluding hydrogens is 122 g/mol. The summed E-state index contributed by atoms with van der Waals surface area (Å²) in [5.41, 5.74) is -1.57. The summed E-state index contributed by atoms with van der Waals surface area (Å²) in [6.07, 6.45) is 4.08. The van der Waals surface area contributed by atoms with Gasteiger partial charge in [0.1, 0.15) is 11.5 Å². The van der Waals surface area contributed by atoms with Crippen LogP contribution in [0.4, 0.5) is 8.78 Å². The molecule has 1 aliphatic rings. The Morgan fingerprint density at radius 1 is 1.67 bits per heavy atom. The van der Waals surface area contributed by atoms with Gasteiger partial charge in [-0.25, -0.2) is 8.78 Å². The van der Waals surface area contributed by atoms with E-state index >= 15 is 0 Å². The predicted molar refractivity (Wildman–Crippen MR) is 32.5 cm³/mol. The molecule has 0 N–H and O–H groups in total. The Hall–Kier alpha value is -0.660. The smallest absolute Gasteiger partial charge is 0.147 e. The van der Waals surface area contributed by atoms with E-state index in [-0.39, 0.29) is 12.2 Å². The van der Waals surface area contributed by atoms with Gasteiger partial charge in [0.05, 0.1) is 0 Å². The molecule has 50 valence electrons. The van der Waals surface area contributed by atoms with Crippen LogP contribution < -0.4 is 0 Å². The monoisotopic (exact) mass is 130 g/mol. The Bertz CT molecular complexity index is 166. The van der Waals surface area contributed by atoms with E-state index in [2.05, 4.69) is 0 Å². The highest BCUT2D eigenvalue weighted by Gasteiger charge is 2.19. The van der Waals surface area contributed by atoms with Crippen molar-refractivity contribution in [3.05, 3.63) is 24.1 Å². The summed E-state index contributed by atoms with van der Waals surface area (Å²) < 4.78 is 25.0. The summed E-state index contributed by atoms with van der Waals surface area (Å²) in [6.45, 7) is 1.32. The van der Waals surface area contributed by atoms with Crippen molar-refractivity contribution in [1.29, 1.82) is 0 Å². The Kier molecular flexibility index (Phi) is 1.39. The van der Waals surface area contributed by atoms with E-state index < -0.39 is 5.67 Å². The zero-order valence-corrected chi connectivity index (χ0v) is 5.20. The summed E-state index contributed by atoms with van der Waals surface area (Å²) in [5.74, 6) is -0.387. The van der Waals surface area contributed by atoms with Crippen molar-refractivity contribution in [1.82, 2.24) is 0 Å². The number of hydrogen-bond acceptors (Lipinski definition) is 0. The zero-order valence-electron chi connectivity index (χ0n) is 5.20. The van der Waals surface area contributed by atoms with Crippen LogP contribution in [-0.2, 0) is 0 Å². The molecule has 0 fully saturated rings. The van der Waals surface area contributed by atoms with Gasteiger partial charge in [0.25, 0.3) is 0 Å². The van der Waals surface area contributed by atoms with Crippen molar-refractivity contribution in [2.24, 2.45) is 0 Å². The highest BCUT2D eigenvalue weighted by atomic mass is 19.1. The maximum absolute atomic E-state index is 12.7. The van der Waals surface area contributed by atoms with Crippen LogP contribution in [0, 0.1) is 0 Å². The van der Waals surface area contributed by atoms with Gasteiger partial charge in [-0.3, -0.25) is 0 Å². The lowest BCUT2D eigenvalue weighted by Crippen LogP contribution is -2.12. The van der Waals surface area contributed by atoms with Crippen LogP contribution in [0.2, 0.25) is 0 Å². The first-order valence-corrected chi connectivity index (χ1v) is 2.84. The Morgan fingerprint density at radius 3 is 2.67 bits per heavy atom.